The third-order valence-corrected chi connectivity index (χ3v) is 1.68. The van der Waals surface area contributed by atoms with Crippen LogP contribution in [0.25, 0.3) is 0 Å². The Morgan fingerprint density at radius 3 is 2.57 bits per heavy atom. The predicted molar refractivity (Wildman–Crippen MR) is 43.2 cm³/mol. The van der Waals surface area contributed by atoms with Crippen molar-refractivity contribution in [2.75, 3.05) is 13.8 Å². The van der Waals surface area contributed by atoms with E-state index in [1.54, 1.807) is 0 Å². The summed E-state index contributed by atoms with van der Waals surface area (Å²) < 4.78 is 42.3. The minimum absolute atomic E-state index is 0.174. The molecule has 76 valence electrons. The van der Waals surface area contributed by atoms with Gasteiger partial charge in [0.15, 0.2) is 18.3 Å². The number of hydrogen-bond acceptors (Lipinski definition) is 2. The number of hydrogen-bond donors (Lipinski definition) is 0. The minimum atomic E-state index is -1.39. The third kappa shape index (κ3) is 1.71. The van der Waals surface area contributed by atoms with Crippen LogP contribution in [0.5, 0.6) is 5.75 Å². The maximum Gasteiger partial charge on any atom is 0.200 e. The number of benzene rings is 1. The zero-order chi connectivity index (χ0) is 10.7. The van der Waals surface area contributed by atoms with Gasteiger partial charge in [0, 0.05) is 0 Å². The highest BCUT2D eigenvalue weighted by Crippen LogP contribution is 2.24. The summed E-state index contributed by atoms with van der Waals surface area (Å²) in [6.07, 6.45) is 0. The Hall–Kier alpha value is -1.52. The van der Waals surface area contributed by atoms with Crippen molar-refractivity contribution in [3.63, 3.8) is 0 Å². The molecule has 0 amide bonds. The lowest BCUT2D eigenvalue weighted by molar-refractivity contribution is 0.0950. The fraction of sp³-hybridized carbons (Fsp3) is 0.222. The molecule has 0 aliphatic heterocycles. The maximum atomic E-state index is 13.0. The maximum absolute atomic E-state index is 13.0. The van der Waals surface area contributed by atoms with E-state index >= 15 is 0 Å². The van der Waals surface area contributed by atoms with Crippen LogP contribution in [0.3, 0.4) is 0 Å². The van der Waals surface area contributed by atoms with E-state index in [1.807, 2.05) is 0 Å². The van der Waals surface area contributed by atoms with Crippen molar-refractivity contribution in [3.8, 4) is 5.75 Å². The van der Waals surface area contributed by atoms with Crippen LogP contribution in [0, 0.1) is 11.6 Å². The van der Waals surface area contributed by atoms with Crippen LogP contribution >= 0.6 is 0 Å². The van der Waals surface area contributed by atoms with Crippen LogP contribution in [0.4, 0.5) is 13.2 Å². The Balaban J connectivity index is 3.35. The van der Waals surface area contributed by atoms with E-state index in [0.717, 1.165) is 12.1 Å². The van der Waals surface area contributed by atoms with E-state index in [1.165, 1.54) is 7.11 Å². The minimum Gasteiger partial charge on any atom is -0.496 e. The Bertz CT molecular complexity index is 363. The van der Waals surface area contributed by atoms with Crippen LogP contribution in [-0.4, -0.2) is 19.6 Å². The Morgan fingerprint density at radius 2 is 2.07 bits per heavy atom. The molecule has 0 unspecified atom stereocenters. The Labute approximate surface area is 78.3 Å². The second kappa shape index (κ2) is 4.13. The van der Waals surface area contributed by atoms with E-state index in [-0.39, 0.29) is 5.75 Å². The molecule has 0 heterocycles. The summed E-state index contributed by atoms with van der Waals surface area (Å²) >= 11 is 0. The second-order valence-electron chi connectivity index (χ2n) is 2.50. The SMILES string of the molecule is COc1ccc(F)c(F)c1C(=O)CF. The van der Waals surface area contributed by atoms with Crippen LogP contribution in [0.2, 0.25) is 0 Å². The van der Waals surface area contributed by atoms with E-state index in [4.69, 9.17) is 0 Å². The summed E-state index contributed by atoms with van der Waals surface area (Å²) in [5.41, 5.74) is -0.685. The van der Waals surface area contributed by atoms with Crippen molar-refractivity contribution >= 4 is 5.78 Å². The normalized spacial score (nSPS) is 10.0. The summed E-state index contributed by atoms with van der Waals surface area (Å²) in [6.45, 7) is -1.39. The molecular formula is C9H7F3O2. The molecule has 1 rings (SSSR count). The highest BCUT2D eigenvalue weighted by molar-refractivity contribution is 5.99. The highest BCUT2D eigenvalue weighted by Gasteiger charge is 2.20. The molecule has 0 bridgehead atoms. The van der Waals surface area contributed by atoms with Crippen molar-refractivity contribution in [1.82, 2.24) is 0 Å². The number of ketones is 1. The van der Waals surface area contributed by atoms with Crippen molar-refractivity contribution in [2.24, 2.45) is 0 Å². The van der Waals surface area contributed by atoms with Gasteiger partial charge in [0.1, 0.15) is 11.3 Å². The molecule has 0 aliphatic rings. The van der Waals surface area contributed by atoms with Gasteiger partial charge in [0.25, 0.3) is 0 Å². The fourth-order valence-electron chi connectivity index (χ4n) is 1.03. The van der Waals surface area contributed by atoms with Gasteiger partial charge in [0.2, 0.25) is 5.78 Å². The molecular weight excluding hydrogens is 197 g/mol. The van der Waals surface area contributed by atoms with Crippen molar-refractivity contribution in [2.45, 2.75) is 0 Å². The first kappa shape index (κ1) is 10.6. The molecule has 5 heteroatoms. The summed E-state index contributed by atoms with van der Waals surface area (Å²) in [5.74, 6) is -3.90. The summed E-state index contributed by atoms with van der Waals surface area (Å²) in [5, 5.41) is 0. The number of rotatable bonds is 3. The quantitative estimate of drug-likeness (QED) is 0.705. The molecule has 0 aromatic heterocycles. The molecule has 1 aromatic rings. The van der Waals surface area contributed by atoms with Gasteiger partial charge in [0.05, 0.1) is 7.11 Å². The lowest BCUT2D eigenvalue weighted by Crippen LogP contribution is -2.08. The van der Waals surface area contributed by atoms with Crippen LogP contribution < -0.4 is 4.74 Å². The average molecular weight is 204 g/mol. The van der Waals surface area contributed by atoms with Crippen molar-refractivity contribution in [1.29, 1.82) is 0 Å². The molecule has 0 fully saturated rings. The van der Waals surface area contributed by atoms with E-state index in [9.17, 15) is 18.0 Å². The first-order valence-electron chi connectivity index (χ1n) is 3.73. The van der Waals surface area contributed by atoms with E-state index in [0.29, 0.717) is 0 Å². The fourth-order valence-corrected chi connectivity index (χ4v) is 1.03. The number of alkyl halides is 1. The molecule has 2 nitrogen and oxygen atoms in total. The summed E-state index contributed by atoms with van der Waals surface area (Å²) in [4.78, 5) is 10.9. The van der Waals surface area contributed by atoms with Crippen LogP contribution in [-0.2, 0) is 0 Å². The molecule has 1 aromatic carbocycles. The van der Waals surface area contributed by atoms with Gasteiger partial charge in [-0.1, -0.05) is 0 Å². The number of ether oxygens (including phenoxy) is 1. The van der Waals surface area contributed by atoms with E-state index < -0.39 is 29.7 Å². The van der Waals surface area contributed by atoms with Gasteiger partial charge in [-0.25, -0.2) is 13.2 Å². The first-order valence-corrected chi connectivity index (χ1v) is 3.73. The number of halogens is 3. The smallest absolute Gasteiger partial charge is 0.200 e. The zero-order valence-electron chi connectivity index (χ0n) is 7.31. The van der Waals surface area contributed by atoms with Gasteiger partial charge >= 0.3 is 0 Å². The van der Waals surface area contributed by atoms with Crippen LogP contribution in [0.15, 0.2) is 12.1 Å². The van der Waals surface area contributed by atoms with Crippen molar-refractivity contribution in [3.05, 3.63) is 29.3 Å². The molecule has 0 aliphatic carbocycles. The Morgan fingerprint density at radius 1 is 1.43 bits per heavy atom. The van der Waals surface area contributed by atoms with Gasteiger partial charge in [-0.15, -0.1) is 0 Å². The Kier molecular flexibility index (Phi) is 3.11. The van der Waals surface area contributed by atoms with Gasteiger partial charge in [-0.05, 0) is 12.1 Å². The summed E-state index contributed by atoms with van der Waals surface area (Å²) in [6, 6.07) is 1.88. The molecule has 0 saturated heterocycles. The zero-order valence-corrected chi connectivity index (χ0v) is 7.31. The third-order valence-electron chi connectivity index (χ3n) is 1.68. The molecule has 0 spiro atoms. The monoisotopic (exact) mass is 204 g/mol. The topological polar surface area (TPSA) is 26.3 Å². The largest absolute Gasteiger partial charge is 0.496 e. The lowest BCUT2D eigenvalue weighted by atomic mass is 10.1. The van der Waals surface area contributed by atoms with Gasteiger partial charge in [-0.2, -0.15) is 0 Å². The lowest BCUT2D eigenvalue weighted by Gasteiger charge is -2.06. The highest BCUT2D eigenvalue weighted by atomic mass is 19.2. The van der Waals surface area contributed by atoms with Crippen molar-refractivity contribution < 1.29 is 22.7 Å². The molecule has 0 saturated carbocycles. The average Bonchev–Trinajstić information content (AvgIpc) is 2.20. The first-order chi connectivity index (χ1) is 6.61. The van der Waals surface area contributed by atoms with Crippen LogP contribution in [0.1, 0.15) is 10.4 Å². The van der Waals surface area contributed by atoms with Gasteiger partial charge in [-0.3, -0.25) is 4.79 Å². The summed E-state index contributed by atoms with van der Waals surface area (Å²) in [7, 11) is 1.18. The van der Waals surface area contributed by atoms with E-state index in [2.05, 4.69) is 4.74 Å². The standard InChI is InChI=1S/C9H7F3O2/c1-14-7-3-2-5(11)9(12)8(7)6(13)4-10/h2-3H,4H2,1H3. The molecule has 0 radical (unpaired) electrons. The molecule has 14 heavy (non-hydrogen) atoms. The number of carbonyl (C=O) groups is 1. The number of methoxy groups -OCH3 is 1. The molecule has 0 N–H and O–H groups in total. The second-order valence-corrected chi connectivity index (χ2v) is 2.50. The van der Waals surface area contributed by atoms with Gasteiger partial charge < -0.3 is 4.74 Å². The number of carbonyl (C=O) groups excluding carboxylic acids is 1. The molecule has 0 atom stereocenters. The number of Topliss-reactive ketones (excluding diaryl/α,β-unsaturated/α-hetero) is 1. The predicted octanol–water partition coefficient (Wildman–Crippen LogP) is 2.13.